The highest BCUT2D eigenvalue weighted by Gasteiger charge is 2.20. The van der Waals surface area contributed by atoms with Gasteiger partial charge in [-0.15, -0.1) is 0 Å². The Bertz CT molecular complexity index is 547. The van der Waals surface area contributed by atoms with Gasteiger partial charge in [0.1, 0.15) is 0 Å². The van der Waals surface area contributed by atoms with E-state index in [1.165, 1.54) is 50.2 Å². The van der Waals surface area contributed by atoms with Crippen LogP contribution in [0.5, 0.6) is 0 Å². The SMILES string of the molecule is Cc1ccnn1CCCN1CCCC(c2ccccc2)C1. The largest absolute Gasteiger partial charge is 0.303 e. The number of piperidine rings is 1. The molecule has 1 unspecified atom stereocenters. The van der Waals surface area contributed by atoms with Crippen LogP contribution in [0.15, 0.2) is 42.6 Å². The van der Waals surface area contributed by atoms with E-state index in [1.54, 1.807) is 0 Å². The minimum Gasteiger partial charge on any atom is -0.303 e. The Morgan fingerprint density at radius 1 is 1.14 bits per heavy atom. The number of nitrogens with zero attached hydrogens (tertiary/aromatic N) is 3. The second-order valence-electron chi connectivity index (χ2n) is 6.10. The second-order valence-corrected chi connectivity index (χ2v) is 6.10. The van der Waals surface area contributed by atoms with Crippen LogP contribution in [0.2, 0.25) is 0 Å². The number of likely N-dealkylation sites (tertiary alicyclic amines) is 1. The molecular weight excluding hydrogens is 258 g/mol. The highest BCUT2D eigenvalue weighted by atomic mass is 15.3. The molecule has 3 heteroatoms. The number of aryl methyl sites for hydroxylation is 2. The quantitative estimate of drug-likeness (QED) is 0.838. The lowest BCUT2D eigenvalue weighted by atomic mass is 9.90. The van der Waals surface area contributed by atoms with E-state index < -0.39 is 0 Å². The van der Waals surface area contributed by atoms with Crippen molar-refractivity contribution in [1.82, 2.24) is 14.7 Å². The van der Waals surface area contributed by atoms with Crippen LogP contribution in [-0.2, 0) is 6.54 Å². The first-order valence-electron chi connectivity index (χ1n) is 8.08. The van der Waals surface area contributed by atoms with Crippen molar-refractivity contribution in [1.29, 1.82) is 0 Å². The van der Waals surface area contributed by atoms with Gasteiger partial charge in [0, 0.05) is 25.0 Å². The molecular formula is C18H25N3. The van der Waals surface area contributed by atoms with Crippen molar-refractivity contribution < 1.29 is 0 Å². The molecule has 0 N–H and O–H groups in total. The topological polar surface area (TPSA) is 21.1 Å². The molecule has 112 valence electrons. The minimum absolute atomic E-state index is 0.714. The zero-order valence-corrected chi connectivity index (χ0v) is 12.9. The lowest BCUT2D eigenvalue weighted by Crippen LogP contribution is -2.35. The molecule has 1 aliphatic heterocycles. The Morgan fingerprint density at radius 2 is 2.00 bits per heavy atom. The van der Waals surface area contributed by atoms with E-state index in [-0.39, 0.29) is 0 Å². The van der Waals surface area contributed by atoms with Crippen LogP contribution < -0.4 is 0 Å². The fraction of sp³-hybridized carbons (Fsp3) is 0.500. The normalized spacial score (nSPS) is 19.8. The molecule has 3 nitrogen and oxygen atoms in total. The summed E-state index contributed by atoms with van der Waals surface area (Å²) in [6.07, 6.45) is 5.73. The van der Waals surface area contributed by atoms with Crippen molar-refractivity contribution in [3.8, 4) is 0 Å². The monoisotopic (exact) mass is 283 g/mol. The molecule has 2 heterocycles. The Hall–Kier alpha value is -1.61. The van der Waals surface area contributed by atoms with E-state index in [0.29, 0.717) is 5.92 Å². The molecule has 0 spiro atoms. The van der Waals surface area contributed by atoms with E-state index in [1.807, 2.05) is 6.20 Å². The molecule has 1 aliphatic rings. The minimum atomic E-state index is 0.714. The fourth-order valence-corrected chi connectivity index (χ4v) is 3.33. The summed E-state index contributed by atoms with van der Waals surface area (Å²) >= 11 is 0. The predicted molar refractivity (Wildman–Crippen MR) is 86.4 cm³/mol. The number of hydrogen-bond donors (Lipinski definition) is 0. The summed E-state index contributed by atoms with van der Waals surface area (Å²) in [5.41, 5.74) is 2.76. The van der Waals surface area contributed by atoms with Gasteiger partial charge in [-0.05, 0) is 56.8 Å². The first kappa shape index (κ1) is 14.3. The molecule has 1 aromatic carbocycles. The maximum absolute atomic E-state index is 4.36. The van der Waals surface area contributed by atoms with Crippen LogP contribution in [0.4, 0.5) is 0 Å². The van der Waals surface area contributed by atoms with E-state index in [9.17, 15) is 0 Å². The summed E-state index contributed by atoms with van der Waals surface area (Å²) in [6.45, 7) is 6.80. The van der Waals surface area contributed by atoms with Crippen LogP contribution in [0.25, 0.3) is 0 Å². The molecule has 21 heavy (non-hydrogen) atoms. The third-order valence-electron chi connectivity index (χ3n) is 4.55. The highest BCUT2D eigenvalue weighted by molar-refractivity contribution is 5.20. The summed E-state index contributed by atoms with van der Waals surface area (Å²) < 4.78 is 2.11. The van der Waals surface area contributed by atoms with Crippen molar-refractivity contribution in [2.75, 3.05) is 19.6 Å². The first-order chi connectivity index (χ1) is 10.3. The van der Waals surface area contributed by atoms with Crippen LogP contribution in [0, 0.1) is 6.92 Å². The third kappa shape index (κ3) is 3.73. The zero-order valence-electron chi connectivity index (χ0n) is 12.9. The predicted octanol–water partition coefficient (Wildman–Crippen LogP) is 3.46. The van der Waals surface area contributed by atoms with E-state index in [2.05, 4.69) is 58.0 Å². The molecule has 0 radical (unpaired) electrons. The van der Waals surface area contributed by atoms with E-state index in [4.69, 9.17) is 0 Å². The molecule has 1 saturated heterocycles. The standard InChI is InChI=1S/C18H25N3/c1-16-10-11-19-21(16)14-6-13-20-12-5-9-18(15-20)17-7-3-2-4-8-17/h2-4,7-8,10-11,18H,5-6,9,12-15H2,1H3. The van der Waals surface area contributed by atoms with Crippen molar-refractivity contribution in [2.45, 2.75) is 38.6 Å². The summed E-state index contributed by atoms with van der Waals surface area (Å²) in [5, 5.41) is 4.36. The zero-order chi connectivity index (χ0) is 14.5. The maximum Gasteiger partial charge on any atom is 0.0492 e. The molecule has 1 atom stereocenters. The second kappa shape index (κ2) is 6.90. The molecule has 0 saturated carbocycles. The van der Waals surface area contributed by atoms with Crippen molar-refractivity contribution in [3.63, 3.8) is 0 Å². The van der Waals surface area contributed by atoms with E-state index >= 15 is 0 Å². The Morgan fingerprint density at radius 3 is 2.76 bits per heavy atom. The molecule has 0 bridgehead atoms. The number of aromatic nitrogens is 2. The van der Waals surface area contributed by atoms with Gasteiger partial charge >= 0.3 is 0 Å². The van der Waals surface area contributed by atoms with Crippen LogP contribution in [0.1, 0.15) is 36.4 Å². The Balaban J connectivity index is 1.49. The van der Waals surface area contributed by atoms with Gasteiger partial charge in [0.15, 0.2) is 0 Å². The molecule has 0 aliphatic carbocycles. The lowest BCUT2D eigenvalue weighted by Gasteiger charge is -2.33. The van der Waals surface area contributed by atoms with Crippen molar-refractivity contribution in [3.05, 3.63) is 53.9 Å². The van der Waals surface area contributed by atoms with Gasteiger partial charge in [-0.3, -0.25) is 4.68 Å². The van der Waals surface area contributed by atoms with Gasteiger partial charge in [0.2, 0.25) is 0 Å². The molecule has 0 amide bonds. The number of benzene rings is 1. The Labute approximate surface area is 127 Å². The van der Waals surface area contributed by atoms with Crippen LogP contribution >= 0.6 is 0 Å². The van der Waals surface area contributed by atoms with Crippen LogP contribution in [0.3, 0.4) is 0 Å². The highest BCUT2D eigenvalue weighted by Crippen LogP contribution is 2.26. The van der Waals surface area contributed by atoms with Gasteiger partial charge in [-0.2, -0.15) is 5.10 Å². The molecule has 2 aromatic rings. The van der Waals surface area contributed by atoms with Gasteiger partial charge in [-0.1, -0.05) is 30.3 Å². The van der Waals surface area contributed by atoms with E-state index in [0.717, 1.165) is 6.54 Å². The lowest BCUT2D eigenvalue weighted by molar-refractivity contribution is 0.202. The van der Waals surface area contributed by atoms with Gasteiger partial charge in [-0.25, -0.2) is 0 Å². The summed E-state index contributed by atoms with van der Waals surface area (Å²) in [7, 11) is 0. The average molecular weight is 283 g/mol. The van der Waals surface area contributed by atoms with Crippen molar-refractivity contribution in [2.24, 2.45) is 0 Å². The van der Waals surface area contributed by atoms with Crippen LogP contribution in [-0.4, -0.2) is 34.3 Å². The number of hydrogen-bond acceptors (Lipinski definition) is 2. The Kier molecular flexibility index (Phi) is 4.71. The smallest absolute Gasteiger partial charge is 0.0492 e. The summed E-state index contributed by atoms with van der Waals surface area (Å²) in [4.78, 5) is 2.62. The molecule has 3 rings (SSSR count). The number of rotatable bonds is 5. The van der Waals surface area contributed by atoms with Gasteiger partial charge in [0.05, 0.1) is 0 Å². The first-order valence-corrected chi connectivity index (χ1v) is 8.08. The maximum atomic E-state index is 4.36. The average Bonchev–Trinajstić information content (AvgIpc) is 2.94. The summed E-state index contributed by atoms with van der Waals surface area (Å²) in [6, 6.07) is 13.1. The van der Waals surface area contributed by atoms with Crippen molar-refractivity contribution >= 4 is 0 Å². The summed E-state index contributed by atoms with van der Waals surface area (Å²) in [5.74, 6) is 0.714. The molecule has 1 fully saturated rings. The fourth-order valence-electron chi connectivity index (χ4n) is 3.33. The third-order valence-corrected chi connectivity index (χ3v) is 4.55. The molecule has 1 aromatic heterocycles. The van der Waals surface area contributed by atoms with Gasteiger partial charge < -0.3 is 4.90 Å². The van der Waals surface area contributed by atoms with Gasteiger partial charge in [0.25, 0.3) is 0 Å².